The number of carboxylic acid groups (broad SMARTS) is 1. The van der Waals surface area contributed by atoms with E-state index in [1.54, 1.807) is 20.8 Å². The van der Waals surface area contributed by atoms with Crippen LogP contribution < -0.4 is 0 Å². The lowest BCUT2D eigenvalue weighted by Crippen LogP contribution is -2.46. The summed E-state index contributed by atoms with van der Waals surface area (Å²) < 4.78 is 5.36. The van der Waals surface area contributed by atoms with E-state index < -0.39 is 23.7 Å². The molecular weight excluding hydrogens is 258 g/mol. The molecule has 110 valence electrons. The monoisotopic (exact) mass is 279 g/mol. The molecule has 2 fully saturated rings. The summed E-state index contributed by atoms with van der Waals surface area (Å²) in [7, 11) is 0. The van der Waals surface area contributed by atoms with Gasteiger partial charge in [-0.25, -0.2) is 9.59 Å². The summed E-state index contributed by atoms with van der Waals surface area (Å²) in [5.41, 5.74) is -0.602. The standard InChI is InChI=1S/C15H21NO4/c1-15(2,3)20-14(19)16-7-10-8-4-5-9(6-8)11(10)12(16)13(17)18/h4-5,8-12H,6-7H2,1-3H3,(H,17,18)/t8-,9+,10?,11+,12+/m1/s1. The molecule has 5 atom stereocenters. The van der Waals surface area contributed by atoms with E-state index in [1.165, 1.54) is 4.90 Å². The fourth-order valence-electron chi connectivity index (χ4n) is 4.04. The Bertz CT molecular complexity index is 479. The first-order valence-corrected chi connectivity index (χ1v) is 7.18. The molecule has 1 saturated heterocycles. The average Bonchev–Trinajstić information content (AvgIpc) is 2.97. The van der Waals surface area contributed by atoms with E-state index in [9.17, 15) is 14.7 Å². The van der Waals surface area contributed by atoms with Gasteiger partial charge in [0.05, 0.1) is 0 Å². The molecule has 3 rings (SSSR count). The summed E-state index contributed by atoms with van der Waals surface area (Å²) in [5.74, 6) is 0.149. The zero-order valence-electron chi connectivity index (χ0n) is 12.1. The van der Waals surface area contributed by atoms with Crippen LogP contribution in [0.1, 0.15) is 27.2 Å². The molecule has 0 aromatic heterocycles. The van der Waals surface area contributed by atoms with Crippen LogP contribution in [-0.2, 0) is 9.53 Å². The summed E-state index contributed by atoms with van der Waals surface area (Å²) in [6.45, 7) is 5.89. The van der Waals surface area contributed by atoms with E-state index >= 15 is 0 Å². The zero-order valence-corrected chi connectivity index (χ0v) is 12.1. The molecule has 5 nitrogen and oxygen atoms in total. The van der Waals surface area contributed by atoms with Gasteiger partial charge in [-0.1, -0.05) is 12.2 Å². The van der Waals surface area contributed by atoms with Crippen LogP contribution in [0.3, 0.4) is 0 Å². The molecule has 0 aromatic rings. The molecule has 1 heterocycles. The Morgan fingerprint density at radius 2 is 1.90 bits per heavy atom. The van der Waals surface area contributed by atoms with E-state index in [4.69, 9.17) is 4.74 Å². The van der Waals surface area contributed by atoms with Gasteiger partial charge < -0.3 is 9.84 Å². The molecule has 1 aliphatic heterocycles. The van der Waals surface area contributed by atoms with Crippen LogP contribution in [0.4, 0.5) is 4.79 Å². The maximum Gasteiger partial charge on any atom is 0.411 e. The quantitative estimate of drug-likeness (QED) is 0.747. The molecule has 2 aliphatic carbocycles. The smallest absolute Gasteiger partial charge is 0.411 e. The van der Waals surface area contributed by atoms with Gasteiger partial charge in [0.25, 0.3) is 0 Å². The molecule has 1 unspecified atom stereocenters. The topological polar surface area (TPSA) is 66.8 Å². The lowest BCUT2D eigenvalue weighted by Gasteiger charge is -2.29. The third-order valence-electron chi connectivity index (χ3n) is 4.68. The first kappa shape index (κ1) is 13.5. The first-order valence-electron chi connectivity index (χ1n) is 7.18. The summed E-state index contributed by atoms with van der Waals surface area (Å²) in [4.78, 5) is 25.3. The second kappa shape index (κ2) is 4.24. The van der Waals surface area contributed by atoms with Gasteiger partial charge in [0.2, 0.25) is 0 Å². The highest BCUT2D eigenvalue weighted by Crippen LogP contribution is 2.54. The van der Waals surface area contributed by atoms with E-state index in [1.807, 2.05) is 0 Å². The maximum atomic E-state index is 12.3. The lowest BCUT2D eigenvalue weighted by molar-refractivity contribution is -0.143. The summed E-state index contributed by atoms with van der Waals surface area (Å²) in [6, 6.07) is -0.741. The molecule has 1 saturated carbocycles. The highest BCUT2D eigenvalue weighted by molar-refractivity contribution is 5.81. The number of carbonyl (C=O) groups excluding carboxylic acids is 1. The number of hydrogen-bond donors (Lipinski definition) is 1. The van der Waals surface area contributed by atoms with Crippen molar-refractivity contribution in [3.63, 3.8) is 0 Å². The summed E-state index contributed by atoms with van der Waals surface area (Å²) in [5, 5.41) is 9.53. The van der Waals surface area contributed by atoms with Crippen molar-refractivity contribution in [3.05, 3.63) is 12.2 Å². The molecule has 0 aromatic carbocycles. The van der Waals surface area contributed by atoms with Crippen molar-refractivity contribution < 1.29 is 19.4 Å². The minimum atomic E-state index is -0.913. The number of ether oxygens (including phenoxy) is 1. The Hall–Kier alpha value is -1.52. The molecule has 1 amide bonds. The third-order valence-corrected chi connectivity index (χ3v) is 4.68. The van der Waals surface area contributed by atoms with Gasteiger partial charge in [-0.3, -0.25) is 4.90 Å². The largest absolute Gasteiger partial charge is 0.480 e. The highest BCUT2D eigenvalue weighted by Gasteiger charge is 2.58. The molecule has 5 heteroatoms. The Morgan fingerprint density at radius 1 is 1.25 bits per heavy atom. The Labute approximate surface area is 118 Å². The molecular formula is C15H21NO4. The predicted octanol–water partition coefficient (Wildman–Crippen LogP) is 2.13. The van der Waals surface area contributed by atoms with Crippen LogP contribution in [0, 0.1) is 23.7 Å². The van der Waals surface area contributed by atoms with Gasteiger partial charge in [-0.15, -0.1) is 0 Å². The van der Waals surface area contributed by atoms with Crippen molar-refractivity contribution in [2.24, 2.45) is 23.7 Å². The highest BCUT2D eigenvalue weighted by atomic mass is 16.6. The van der Waals surface area contributed by atoms with Gasteiger partial charge >= 0.3 is 12.1 Å². The van der Waals surface area contributed by atoms with Gasteiger partial charge in [-0.05, 0) is 44.9 Å². The summed E-state index contributed by atoms with van der Waals surface area (Å²) in [6.07, 6.45) is 4.85. The predicted molar refractivity (Wildman–Crippen MR) is 72.1 cm³/mol. The fourth-order valence-corrected chi connectivity index (χ4v) is 4.04. The molecule has 0 radical (unpaired) electrons. The van der Waals surface area contributed by atoms with Crippen LogP contribution in [0.25, 0.3) is 0 Å². The first-order chi connectivity index (χ1) is 9.28. The minimum Gasteiger partial charge on any atom is -0.480 e. The molecule has 3 aliphatic rings. The lowest BCUT2D eigenvalue weighted by atomic mass is 9.82. The van der Waals surface area contributed by atoms with Crippen molar-refractivity contribution in [2.45, 2.75) is 38.8 Å². The van der Waals surface area contributed by atoms with Crippen molar-refractivity contribution in [1.29, 1.82) is 0 Å². The van der Waals surface area contributed by atoms with Crippen LogP contribution in [0.5, 0.6) is 0 Å². The maximum absolute atomic E-state index is 12.3. The van der Waals surface area contributed by atoms with Gasteiger partial charge in [0.1, 0.15) is 11.6 Å². The van der Waals surface area contributed by atoms with Gasteiger partial charge in [0, 0.05) is 12.5 Å². The van der Waals surface area contributed by atoms with Gasteiger partial charge in [0.15, 0.2) is 0 Å². The number of rotatable bonds is 1. The number of allylic oxidation sites excluding steroid dienone is 2. The Kier molecular flexibility index (Phi) is 2.85. The number of aliphatic carboxylic acids is 1. The van der Waals surface area contributed by atoms with Crippen molar-refractivity contribution >= 4 is 12.1 Å². The zero-order chi connectivity index (χ0) is 14.7. The molecule has 1 N–H and O–H groups in total. The third kappa shape index (κ3) is 2.00. The average molecular weight is 279 g/mol. The van der Waals surface area contributed by atoms with Crippen LogP contribution in [-0.4, -0.2) is 40.3 Å². The Balaban J connectivity index is 1.83. The van der Waals surface area contributed by atoms with Crippen LogP contribution in [0.2, 0.25) is 0 Å². The van der Waals surface area contributed by atoms with Crippen molar-refractivity contribution in [1.82, 2.24) is 4.90 Å². The van der Waals surface area contributed by atoms with Crippen LogP contribution in [0.15, 0.2) is 12.2 Å². The van der Waals surface area contributed by atoms with E-state index in [2.05, 4.69) is 12.2 Å². The SMILES string of the molecule is CC(C)(C)OC(=O)N1CC2[C@@H]([C@H]1C(=O)O)[C@H]1C=C[C@@H]2C1. The minimum absolute atomic E-state index is 0.0509. The number of nitrogens with zero attached hydrogens (tertiary/aromatic N) is 1. The number of fused-ring (bicyclic) bond motifs is 5. The van der Waals surface area contributed by atoms with E-state index in [-0.39, 0.29) is 11.8 Å². The van der Waals surface area contributed by atoms with Crippen LogP contribution >= 0.6 is 0 Å². The number of hydrogen-bond acceptors (Lipinski definition) is 3. The molecule has 20 heavy (non-hydrogen) atoms. The molecule has 2 bridgehead atoms. The number of carbonyl (C=O) groups is 2. The normalized spacial score (nSPS) is 38.1. The number of carboxylic acids is 1. The van der Waals surface area contributed by atoms with E-state index in [0.717, 1.165) is 6.42 Å². The van der Waals surface area contributed by atoms with Crippen molar-refractivity contribution in [2.75, 3.05) is 6.54 Å². The second-order valence-electron chi connectivity index (χ2n) is 7.11. The number of likely N-dealkylation sites (tertiary alicyclic amines) is 1. The van der Waals surface area contributed by atoms with E-state index in [0.29, 0.717) is 18.4 Å². The molecule has 0 spiro atoms. The Morgan fingerprint density at radius 3 is 2.50 bits per heavy atom. The summed E-state index contributed by atoms with van der Waals surface area (Å²) >= 11 is 0. The number of amides is 1. The van der Waals surface area contributed by atoms with Gasteiger partial charge in [-0.2, -0.15) is 0 Å². The second-order valence-corrected chi connectivity index (χ2v) is 7.11. The van der Waals surface area contributed by atoms with Crippen molar-refractivity contribution in [3.8, 4) is 0 Å². The fraction of sp³-hybridized carbons (Fsp3) is 0.733.